The Morgan fingerprint density at radius 2 is 2.00 bits per heavy atom. The van der Waals surface area contributed by atoms with E-state index < -0.39 is 0 Å². The highest BCUT2D eigenvalue weighted by molar-refractivity contribution is 5.76. The molecule has 0 aliphatic carbocycles. The Hall–Kier alpha value is -1.35. The summed E-state index contributed by atoms with van der Waals surface area (Å²) in [5.41, 5.74) is 9.31. The lowest BCUT2D eigenvalue weighted by atomic mass is 10.1. The van der Waals surface area contributed by atoms with Gasteiger partial charge in [0.05, 0.1) is 5.84 Å². The highest BCUT2D eigenvalue weighted by Gasteiger charge is 2.02. The quantitative estimate of drug-likeness (QED) is 0.588. The van der Waals surface area contributed by atoms with Crippen molar-refractivity contribution in [2.75, 3.05) is 13.6 Å². The molecule has 0 heterocycles. The molecule has 0 bridgehead atoms. The molecule has 0 fully saturated rings. The fraction of sp³-hybridized carbons (Fsp3) is 0.462. The second kappa shape index (κ2) is 5.66. The number of rotatable bonds is 5. The Morgan fingerprint density at radius 1 is 1.31 bits per heavy atom. The minimum atomic E-state index is 0.256. The normalized spacial score (nSPS) is 10.8. The number of amidine groups is 1. The van der Waals surface area contributed by atoms with Crippen LogP contribution in [0.3, 0.4) is 0 Å². The Morgan fingerprint density at radius 3 is 2.56 bits per heavy atom. The molecule has 3 heteroatoms. The van der Waals surface area contributed by atoms with Crippen molar-refractivity contribution < 1.29 is 0 Å². The predicted octanol–water partition coefficient (Wildman–Crippen LogP) is 2.06. The lowest BCUT2D eigenvalue weighted by Gasteiger charge is -2.16. The van der Waals surface area contributed by atoms with Gasteiger partial charge >= 0.3 is 0 Å². The summed E-state index contributed by atoms with van der Waals surface area (Å²) in [4.78, 5) is 2.19. The molecular formula is C13H21N3. The average molecular weight is 219 g/mol. The van der Waals surface area contributed by atoms with Gasteiger partial charge in [-0.05, 0) is 37.6 Å². The Bertz CT molecular complexity index is 371. The van der Waals surface area contributed by atoms with Gasteiger partial charge in [-0.25, -0.2) is 0 Å². The largest absolute Gasteiger partial charge is 0.388 e. The first-order valence-electron chi connectivity index (χ1n) is 5.56. The van der Waals surface area contributed by atoms with E-state index in [4.69, 9.17) is 11.1 Å². The molecule has 0 atom stereocenters. The molecule has 0 radical (unpaired) electrons. The van der Waals surface area contributed by atoms with E-state index in [0.717, 1.165) is 13.1 Å². The highest BCUT2D eigenvalue weighted by atomic mass is 15.1. The Kier molecular flexibility index (Phi) is 4.50. The second-order valence-corrected chi connectivity index (χ2v) is 4.43. The van der Waals surface area contributed by atoms with Gasteiger partial charge in [-0.1, -0.05) is 18.2 Å². The molecule has 0 aromatic heterocycles. The lowest BCUT2D eigenvalue weighted by Crippen LogP contribution is -2.23. The van der Waals surface area contributed by atoms with E-state index in [-0.39, 0.29) is 5.84 Å². The van der Waals surface area contributed by atoms with Crippen LogP contribution in [0, 0.1) is 19.3 Å². The topological polar surface area (TPSA) is 53.1 Å². The maximum Gasteiger partial charge on any atom is 0.0918 e. The van der Waals surface area contributed by atoms with E-state index in [2.05, 4.69) is 44.0 Å². The smallest absolute Gasteiger partial charge is 0.0918 e. The van der Waals surface area contributed by atoms with Gasteiger partial charge in [0.15, 0.2) is 0 Å². The number of nitrogens with one attached hydrogen (secondary N) is 1. The number of nitrogens with two attached hydrogens (primary N) is 1. The van der Waals surface area contributed by atoms with Gasteiger partial charge < -0.3 is 10.6 Å². The highest BCUT2D eigenvalue weighted by Crippen LogP contribution is 2.11. The van der Waals surface area contributed by atoms with Crippen molar-refractivity contribution in [3.8, 4) is 0 Å². The molecule has 1 rings (SSSR count). The van der Waals surface area contributed by atoms with E-state index >= 15 is 0 Å². The van der Waals surface area contributed by atoms with Crippen LogP contribution in [-0.2, 0) is 6.54 Å². The van der Waals surface area contributed by atoms with E-state index in [0.29, 0.717) is 6.42 Å². The first-order chi connectivity index (χ1) is 7.49. The zero-order valence-corrected chi connectivity index (χ0v) is 10.4. The van der Waals surface area contributed by atoms with E-state index in [9.17, 15) is 0 Å². The summed E-state index contributed by atoms with van der Waals surface area (Å²) in [5.74, 6) is 0.256. The van der Waals surface area contributed by atoms with Crippen LogP contribution < -0.4 is 5.73 Å². The molecule has 3 nitrogen and oxygen atoms in total. The van der Waals surface area contributed by atoms with Gasteiger partial charge in [-0.3, -0.25) is 5.41 Å². The third-order valence-corrected chi connectivity index (χ3v) is 2.79. The number of hydrogen-bond donors (Lipinski definition) is 2. The summed E-state index contributed by atoms with van der Waals surface area (Å²) < 4.78 is 0. The van der Waals surface area contributed by atoms with Crippen molar-refractivity contribution in [3.05, 3.63) is 34.9 Å². The molecule has 0 saturated heterocycles. The van der Waals surface area contributed by atoms with Crippen LogP contribution in [0.1, 0.15) is 23.1 Å². The van der Waals surface area contributed by atoms with Crippen molar-refractivity contribution in [2.24, 2.45) is 5.73 Å². The van der Waals surface area contributed by atoms with Gasteiger partial charge in [0.1, 0.15) is 0 Å². The molecule has 3 N–H and O–H groups in total. The first kappa shape index (κ1) is 12.7. The summed E-state index contributed by atoms with van der Waals surface area (Å²) in [6, 6.07) is 6.54. The van der Waals surface area contributed by atoms with Crippen LogP contribution >= 0.6 is 0 Å². The van der Waals surface area contributed by atoms with Gasteiger partial charge in [-0.2, -0.15) is 0 Å². The average Bonchev–Trinajstić information content (AvgIpc) is 2.21. The summed E-state index contributed by atoms with van der Waals surface area (Å²) in [7, 11) is 2.05. The minimum Gasteiger partial charge on any atom is -0.388 e. The third kappa shape index (κ3) is 4.03. The molecule has 1 aromatic rings. The van der Waals surface area contributed by atoms with Gasteiger partial charge in [0, 0.05) is 19.5 Å². The van der Waals surface area contributed by atoms with E-state index in [1.165, 1.54) is 16.7 Å². The molecule has 88 valence electrons. The lowest BCUT2D eigenvalue weighted by molar-refractivity contribution is 0.336. The van der Waals surface area contributed by atoms with Crippen molar-refractivity contribution in [1.82, 2.24) is 4.90 Å². The maximum absolute atomic E-state index is 7.18. The van der Waals surface area contributed by atoms with Crippen LogP contribution in [0.2, 0.25) is 0 Å². The van der Waals surface area contributed by atoms with E-state index in [1.54, 1.807) is 0 Å². The van der Waals surface area contributed by atoms with Crippen LogP contribution in [-0.4, -0.2) is 24.3 Å². The number of benzene rings is 1. The minimum absolute atomic E-state index is 0.256. The molecule has 0 amide bonds. The van der Waals surface area contributed by atoms with Crippen LogP contribution in [0.15, 0.2) is 18.2 Å². The third-order valence-electron chi connectivity index (χ3n) is 2.79. The Balaban J connectivity index is 2.52. The van der Waals surface area contributed by atoms with Gasteiger partial charge in [0.25, 0.3) is 0 Å². The molecule has 0 unspecified atom stereocenters. The van der Waals surface area contributed by atoms with Crippen molar-refractivity contribution in [3.63, 3.8) is 0 Å². The monoisotopic (exact) mass is 219 g/mol. The summed E-state index contributed by atoms with van der Waals surface area (Å²) in [6.45, 7) is 6.00. The summed E-state index contributed by atoms with van der Waals surface area (Å²) in [6.07, 6.45) is 0.640. The summed E-state index contributed by atoms with van der Waals surface area (Å²) in [5, 5.41) is 7.18. The molecular weight excluding hydrogens is 198 g/mol. The molecule has 0 aliphatic rings. The fourth-order valence-corrected chi connectivity index (χ4v) is 1.60. The fourth-order valence-electron chi connectivity index (χ4n) is 1.60. The van der Waals surface area contributed by atoms with Crippen LogP contribution in [0.25, 0.3) is 0 Å². The molecule has 1 aromatic carbocycles. The van der Waals surface area contributed by atoms with Gasteiger partial charge in [0.2, 0.25) is 0 Å². The molecule has 0 aliphatic heterocycles. The summed E-state index contributed by atoms with van der Waals surface area (Å²) >= 11 is 0. The van der Waals surface area contributed by atoms with Gasteiger partial charge in [-0.15, -0.1) is 0 Å². The predicted molar refractivity (Wildman–Crippen MR) is 68.8 cm³/mol. The standard InChI is InChI=1S/C13H21N3/c1-10-4-5-12(8-11(10)2)9-16(3)7-6-13(14)15/h4-5,8H,6-7,9H2,1-3H3,(H3,14,15). The number of nitrogens with zero attached hydrogens (tertiary/aromatic N) is 1. The maximum atomic E-state index is 7.18. The number of aryl methyl sites for hydroxylation is 2. The van der Waals surface area contributed by atoms with Crippen molar-refractivity contribution in [1.29, 1.82) is 5.41 Å². The molecule has 0 spiro atoms. The molecule has 0 saturated carbocycles. The number of hydrogen-bond acceptors (Lipinski definition) is 2. The molecule has 16 heavy (non-hydrogen) atoms. The zero-order chi connectivity index (χ0) is 12.1. The zero-order valence-electron chi connectivity index (χ0n) is 10.4. The van der Waals surface area contributed by atoms with E-state index in [1.807, 2.05) is 0 Å². The van der Waals surface area contributed by atoms with Crippen molar-refractivity contribution in [2.45, 2.75) is 26.8 Å². The van der Waals surface area contributed by atoms with Crippen LogP contribution in [0.5, 0.6) is 0 Å². The van der Waals surface area contributed by atoms with Crippen LogP contribution in [0.4, 0.5) is 0 Å². The SMILES string of the molecule is Cc1ccc(CN(C)CCC(=N)N)cc1C. The second-order valence-electron chi connectivity index (χ2n) is 4.43. The Labute approximate surface area is 97.8 Å². The first-order valence-corrected chi connectivity index (χ1v) is 5.56. The van der Waals surface area contributed by atoms with Crippen molar-refractivity contribution >= 4 is 5.84 Å².